The van der Waals surface area contributed by atoms with Gasteiger partial charge in [0.05, 0.1) is 28.4 Å². The second kappa shape index (κ2) is 6.92. The number of amides is 1. The Bertz CT molecular complexity index is 1010. The first-order valence-corrected chi connectivity index (χ1v) is 10.4. The lowest BCUT2D eigenvalue weighted by Crippen LogP contribution is -2.46. The van der Waals surface area contributed by atoms with Gasteiger partial charge in [0, 0.05) is 17.3 Å². The Hall–Kier alpha value is -2.48. The molecule has 1 aliphatic heterocycles. The maximum Gasteiger partial charge on any atom is 0.244 e. The molecule has 0 bridgehead atoms. The third kappa shape index (κ3) is 4.27. The zero-order valence-corrected chi connectivity index (χ0v) is 16.3. The molecule has 1 saturated heterocycles. The molecule has 8 heteroatoms. The van der Waals surface area contributed by atoms with Crippen LogP contribution in [-0.2, 0) is 14.6 Å². The number of aromatic nitrogens is 2. The van der Waals surface area contributed by atoms with Gasteiger partial charge < -0.3 is 5.32 Å². The summed E-state index contributed by atoms with van der Waals surface area (Å²) in [4.78, 5) is 12.3. The largest absolute Gasteiger partial charge is 0.346 e. The van der Waals surface area contributed by atoms with Crippen LogP contribution in [-0.4, -0.2) is 41.2 Å². The van der Waals surface area contributed by atoms with Gasteiger partial charge >= 0.3 is 0 Å². The molecule has 6 nitrogen and oxygen atoms in total. The second-order valence-corrected chi connectivity index (χ2v) is 9.38. The van der Waals surface area contributed by atoms with Crippen molar-refractivity contribution in [3.05, 3.63) is 53.1 Å². The number of sulfone groups is 1. The highest BCUT2D eigenvalue weighted by Gasteiger charge is 2.39. The maximum absolute atomic E-state index is 13.1. The molecular formula is C19H22FN3O3S. The van der Waals surface area contributed by atoms with Crippen LogP contribution in [0.1, 0.15) is 30.3 Å². The molecule has 1 atom stereocenters. The molecule has 1 fully saturated rings. The fraction of sp³-hybridized carbons (Fsp3) is 0.368. The quantitative estimate of drug-likeness (QED) is 0.811. The van der Waals surface area contributed by atoms with Crippen LogP contribution in [0.2, 0.25) is 0 Å². The number of hydrogen-bond donors (Lipinski definition) is 1. The third-order valence-electron chi connectivity index (χ3n) is 4.75. The van der Waals surface area contributed by atoms with E-state index in [1.54, 1.807) is 29.8 Å². The topological polar surface area (TPSA) is 81.1 Å². The van der Waals surface area contributed by atoms with Gasteiger partial charge in [-0.1, -0.05) is 0 Å². The number of carbonyl (C=O) groups excluding carboxylic acids is 1. The summed E-state index contributed by atoms with van der Waals surface area (Å²) >= 11 is 0. The van der Waals surface area contributed by atoms with Crippen LogP contribution >= 0.6 is 0 Å². The number of nitrogens with zero attached hydrogens (tertiary/aromatic N) is 2. The molecule has 0 spiro atoms. The minimum atomic E-state index is -3.09. The van der Waals surface area contributed by atoms with Crippen LogP contribution in [0.15, 0.2) is 30.3 Å². The normalized spacial score (nSPS) is 21.6. The van der Waals surface area contributed by atoms with Gasteiger partial charge in [0.2, 0.25) is 5.91 Å². The number of hydrogen-bond acceptors (Lipinski definition) is 4. The predicted octanol–water partition coefficient (Wildman–Crippen LogP) is 2.33. The lowest BCUT2D eigenvalue weighted by atomic mass is 10.0. The van der Waals surface area contributed by atoms with E-state index < -0.39 is 15.4 Å². The minimum Gasteiger partial charge on any atom is -0.346 e. The van der Waals surface area contributed by atoms with Crippen molar-refractivity contribution in [1.29, 1.82) is 0 Å². The number of halogens is 1. The van der Waals surface area contributed by atoms with Crippen molar-refractivity contribution < 1.29 is 17.6 Å². The highest BCUT2D eigenvalue weighted by Crippen LogP contribution is 2.23. The summed E-state index contributed by atoms with van der Waals surface area (Å²) in [6.07, 6.45) is 3.47. The number of nitrogens with one attached hydrogen (secondary N) is 1. The van der Waals surface area contributed by atoms with E-state index in [0.717, 1.165) is 22.6 Å². The van der Waals surface area contributed by atoms with Crippen molar-refractivity contribution in [3.63, 3.8) is 0 Å². The minimum absolute atomic E-state index is 0.0415. The van der Waals surface area contributed by atoms with Crippen molar-refractivity contribution in [1.82, 2.24) is 15.1 Å². The molecule has 2 aromatic rings. The van der Waals surface area contributed by atoms with Crippen LogP contribution < -0.4 is 5.32 Å². The number of carbonyl (C=O) groups is 1. The number of aryl methyl sites for hydroxylation is 1. The van der Waals surface area contributed by atoms with Gasteiger partial charge in [0.25, 0.3) is 0 Å². The van der Waals surface area contributed by atoms with Crippen LogP contribution in [0.4, 0.5) is 4.39 Å². The summed E-state index contributed by atoms with van der Waals surface area (Å²) in [5.41, 5.74) is 2.33. The zero-order chi connectivity index (χ0) is 19.8. The molecule has 27 heavy (non-hydrogen) atoms. The van der Waals surface area contributed by atoms with Crippen molar-refractivity contribution >= 4 is 21.8 Å². The van der Waals surface area contributed by atoms with E-state index in [1.165, 1.54) is 18.2 Å². The molecular weight excluding hydrogens is 369 g/mol. The molecule has 2 heterocycles. The zero-order valence-electron chi connectivity index (χ0n) is 15.5. The molecule has 0 saturated carbocycles. The molecule has 0 radical (unpaired) electrons. The molecule has 0 aliphatic carbocycles. The van der Waals surface area contributed by atoms with E-state index in [2.05, 4.69) is 10.4 Å². The van der Waals surface area contributed by atoms with Gasteiger partial charge in [0.15, 0.2) is 9.84 Å². The van der Waals surface area contributed by atoms with Gasteiger partial charge in [-0.2, -0.15) is 5.10 Å². The molecule has 3 rings (SSSR count). The predicted molar refractivity (Wildman–Crippen MR) is 102 cm³/mol. The first-order chi connectivity index (χ1) is 12.6. The van der Waals surface area contributed by atoms with Crippen molar-refractivity contribution in [3.8, 4) is 5.69 Å². The Morgan fingerprint density at radius 3 is 2.56 bits per heavy atom. The number of rotatable bonds is 4. The van der Waals surface area contributed by atoms with Gasteiger partial charge in [0.1, 0.15) is 5.82 Å². The van der Waals surface area contributed by atoms with Crippen molar-refractivity contribution in [2.24, 2.45) is 0 Å². The van der Waals surface area contributed by atoms with Gasteiger partial charge in [-0.15, -0.1) is 0 Å². The SMILES string of the molecule is Cc1nn(-c2ccc(F)cc2)c(C)c1C=CC(=O)NC1(C)CCS(=O)(=O)C1. The Balaban J connectivity index is 1.77. The van der Waals surface area contributed by atoms with Gasteiger partial charge in [-0.25, -0.2) is 17.5 Å². The van der Waals surface area contributed by atoms with Crippen molar-refractivity contribution in [2.45, 2.75) is 32.7 Å². The monoisotopic (exact) mass is 391 g/mol. The molecule has 144 valence electrons. The van der Waals surface area contributed by atoms with E-state index in [1.807, 2.05) is 13.8 Å². The van der Waals surface area contributed by atoms with Crippen LogP contribution in [0.25, 0.3) is 11.8 Å². The highest BCUT2D eigenvalue weighted by atomic mass is 32.2. The molecule has 1 aromatic carbocycles. The van der Waals surface area contributed by atoms with Crippen LogP contribution in [0, 0.1) is 19.7 Å². The van der Waals surface area contributed by atoms with E-state index in [4.69, 9.17) is 0 Å². The Kier molecular flexibility index (Phi) is 4.94. The van der Waals surface area contributed by atoms with Crippen molar-refractivity contribution in [2.75, 3.05) is 11.5 Å². The average molecular weight is 391 g/mol. The Morgan fingerprint density at radius 1 is 1.30 bits per heavy atom. The fourth-order valence-corrected chi connectivity index (χ4v) is 5.43. The van der Waals surface area contributed by atoms with E-state index in [9.17, 15) is 17.6 Å². The van der Waals surface area contributed by atoms with Crippen LogP contribution in [0.5, 0.6) is 0 Å². The smallest absolute Gasteiger partial charge is 0.244 e. The average Bonchev–Trinajstić information content (AvgIpc) is 3.01. The van der Waals surface area contributed by atoms with E-state index >= 15 is 0 Å². The fourth-order valence-electron chi connectivity index (χ4n) is 3.34. The molecule has 1 aliphatic rings. The van der Waals surface area contributed by atoms with Gasteiger partial charge in [-0.3, -0.25) is 4.79 Å². The summed E-state index contributed by atoms with van der Waals surface area (Å²) in [7, 11) is -3.09. The summed E-state index contributed by atoms with van der Waals surface area (Å²) in [6, 6.07) is 6.00. The summed E-state index contributed by atoms with van der Waals surface area (Å²) in [5, 5.41) is 7.25. The molecule has 1 amide bonds. The molecule has 1 N–H and O–H groups in total. The summed E-state index contributed by atoms with van der Waals surface area (Å²) < 4.78 is 38.1. The standard InChI is InChI=1S/C19H22FN3O3S/c1-13-17(14(2)23(22-13)16-6-4-15(20)5-7-16)8-9-18(24)21-19(3)10-11-27(25,26)12-19/h4-9H,10-12H2,1-3H3,(H,21,24). The number of benzene rings is 1. The summed E-state index contributed by atoms with van der Waals surface area (Å²) in [6.45, 7) is 5.44. The van der Waals surface area contributed by atoms with Crippen LogP contribution in [0.3, 0.4) is 0 Å². The summed E-state index contributed by atoms with van der Waals surface area (Å²) in [5.74, 6) is -0.613. The van der Waals surface area contributed by atoms with E-state index in [-0.39, 0.29) is 23.2 Å². The first kappa shape index (κ1) is 19.3. The molecule has 1 aromatic heterocycles. The first-order valence-electron chi connectivity index (χ1n) is 8.61. The Labute approximate surface area is 158 Å². The highest BCUT2D eigenvalue weighted by molar-refractivity contribution is 7.91. The van der Waals surface area contributed by atoms with E-state index in [0.29, 0.717) is 6.42 Å². The third-order valence-corrected chi connectivity index (χ3v) is 6.65. The lowest BCUT2D eigenvalue weighted by Gasteiger charge is -2.22. The second-order valence-electron chi connectivity index (χ2n) is 7.20. The molecule has 1 unspecified atom stereocenters. The Morgan fingerprint density at radius 2 is 1.96 bits per heavy atom. The maximum atomic E-state index is 13.1. The lowest BCUT2D eigenvalue weighted by molar-refractivity contribution is -0.117. The van der Waals surface area contributed by atoms with Gasteiger partial charge in [-0.05, 0) is 57.5 Å².